The van der Waals surface area contributed by atoms with Gasteiger partial charge in [0.1, 0.15) is 0 Å². The summed E-state index contributed by atoms with van der Waals surface area (Å²) in [6.07, 6.45) is 0. The predicted molar refractivity (Wildman–Crippen MR) is 81.0 cm³/mol. The molecule has 2 aromatic rings. The number of hydrogen-bond donors (Lipinski definition) is 1. The van der Waals surface area contributed by atoms with Crippen LogP contribution in [0.5, 0.6) is 0 Å². The minimum Gasteiger partial charge on any atom is -0.207 e. The van der Waals surface area contributed by atoms with Crippen LogP contribution in [0, 0.1) is 6.92 Å². The molecule has 0 atom stereocenters. The Morgan fingerprint density at radius 3 is 2.20 bits per heavy atom. The van der Waals surface area contributed by atoms with E-state index in [4.69, 9.17) is 0 Å². The van der Waals surface area contributed by atoms with Crippen molar-refractivity contribution in [1.82, 2.24) is 4.72 Å². The molecular formula is C16H19NO2S. The molecule has 0 aliphatic rings. The van der Waals surface area contributed by atoms with Crippen LogP contribution < -0.4 is 4.72 Å². The van der Waals surface area contributed by atoms with Crippen LogP contribution in [0.2, 0.25) is 0 Å². The van der Waals surface area contributed by atoms with E-state index < -0.39 is 15.6 Å². The Balaban J connectivity index is 2.33. The Kier molecular flexibility index (Phi) is 3.97. The Morgan fingerprint density at radius 1 is 0.950 bits per heavy atom. The van der Waals surface area contributed by atoms with E-state index in [9.17, 15) is 8.42 Å². The Labute approximate surface area is 120 Å². The van der Waals surface area contributed by atoms with E-state index in [-0.39, 0.29) is 0 Å². The van der Waals surface area contributed by atoms with E-state index in [1.54, 1.807) is 18.2 Å². The van der Waals surface area contributed by atoms with Crippen molar-refractivity contribution < 1.29 is 8.42 Å². The number of sulfonamides is 1. The van der Waals surface area contributed by atoms with Gasteiger partial charge in [0, 0.05) is 0 Å². The molecule has 0 saturated heterocycles. The van der Waals surface area contributed by atoms with Gasteiger partial charge in [-0.2, -0.15) is 0 Å². The standard InChI is InChI=1S/C16H19NO2S/c1-13-8-7-11-15(12-13)20(18,19)17-16(2,3)14-9-5-4-6-10-14/h4-12,17H,1-3H3. The Bertz CT molecular complexity index is 691. The molecule has 0 unspecified atom stereocenters. The average molecular weight is 289 g/mol. The highest BCUT2D eigenvalue weighted by Crippen LogP contribution is 2.23. The zero-order valence-corrected chi connectivity index (χ0v) is 12.7. The summed E-state index contributed by atoms with van der Waals surface area (Å²) < 4.78 is 27.7. The van der Waals surface area contributed by atoms with Gasteiger partial charge in [0.25, 0.3) is 0 Å². The molecule has 0 aromatic heterocycles. The molecule has 20 heavy (non-hydrogen) atoms. The van der Waals surface area contributed by atoms with Crippen LogP contribution in [-0.4, -0.2) is 8.42 Å². The molecule has 0 heterocycles. The van der Waals surface area contributed by atoms with Crippen molar-refractivity contribution in [3.8, 4) is 0 Å². The van der Waals surface area contributed by atoms with Gasteiger partial charge in [0.05, 0.1) is 10.4 Å². The minimum absolute atomic E-state index is 0.293. The van der Waals surface area contributed by atoms with Crippen LogP contribution in [0.15, 0.2) is 59.5 Å². The first-order chi connectivity index (χ1) is 9.31. The zero-order valence-electron chi connectivity index (χ0n) is 11.9. The maximum absolute atomic E-state index is 12.5. The Hall–Kier alpha value is -1.65. The fourth-order valence-corrected chi connectivity index (χ4v) is 3.60. The second-order valence-corrected chi connectivity index (χ2v) is 7.10. The monoisotopic (exact) mass is 289 g/mol. The molecule has 0 saturated carbocycles. The first-order valence-corrected chi connectivity index (χ1v) is 7.96. The summed E-state index contributed by atoms with van der Waals surface area (Å²) in [6, 6.07) is 16.4. The lowest BCUT2D eigenvalue weighted by molar-refractivity contribution is 0.472. The van der Waals surface area contributed by atoms with E-state index in [0.29, 0.717) is 4.90 Å². The van der Waals surface area contributed by atoms with Gasteiger partial charge >= 0.3 is 0 Å². The van der Waals surface area contributed by atoms with E-state index in [1.807, 2.05) is 57.2 Å². The van der Waals surface area contributed by atoms with Crippen LogP contribution in [0.4, 0.5) is 0 Å². The number of rotatable bonds is 4. The average Bonchev–Trinajstić information content (AvgIpc) is 2.39. The van der Waals surface area contributed by atoms with Crippen molar-refractivity contribution in [1.29, 1.82) is 0 Å². The molecule has 0 radical (unpaired) electrons. The van der Waals surface area contributed by atoms with Crippen LogP contribution in [0.25, 0.3) is 0 Å². The van der Waals surface area contributed by atoms with E-state index in [2.05, 4.69) is 4.72 Å². The largest absolute Gasteiger partial charge is 0.241 e. The molecule has 0 bridgehead atoms. The zero-order chi connectivity index (χ0) is 14.8. The number of benzene rings is 2. The van der Waals surface area contributed by atoms with Crippen molar-refractivity contribution in [2.75, 3.05) is 0 Å². The van der Waals surface area contributed by atoms with Gasteiger partial charge in [-0.1, -0.05) is 42.5 Å². The molecule has 1 N–H and O–H groups in total. The highest BCUT2D eigenvalue weighted by Gasteiger charge is 2.27. The molecular weight excluding hydrogens is 270 g/mol. The molecule has 0 aliphatic heterocycles. The van der Waals surface area contributed by atoms with Crippen LogP contribution in [-0.2, 0) is 15.6 Å². The fraction of sp³-hybridized carbons (Fsp3) is 0.250. The third kappa shape index (κ3) is 3.26. The predicted octanol–water partition coefficient (Wildman–Crippen LogP) is 3.21. The molecule has 2 rings (SSSR count). The van der Waals surface area contributed by atoms with Gasteiger partial charge in [0.15, 0.2) is 0 Å². The molecule has 106 valence electrons. The molecule has 4 heteroatoms. The summed E-state index contributed by atoms with van der Waals surface area (Å²) in [5.74, 6) is 0. The van der Waals surface area contributed by atoms with Gasteiger partial charge < -0.3 is 0 Å². The maximum Gasteiger partial charge on any atom is 0.241 e. The highest BCUT2D eigenvalue weighted by molar-refractivity contribution is 7.89. The number of nitrogens with one attached hydrogen (secondary N) is 1. The molecule has 2 aromatic carbocycles. The van der Waals surface area contributed by atoms with Crippen molar-refractivity contribution in [3.63, 3.8) is 0 Å². The SMILES string of the molecule is Cc1cccc(S(=O)(=O)NC(C)(C)c2ccccc2)c1. The second kappa shape index (κ2) is 5.38. The van der Waals surface area contributed by atoms with Gasteiger partial charge in [0.2, 0.25) is 10.0 Å². The third-order valence-electron chi connectivity index (χ3n) is 3.18. The third-order valence-corrected chi connectivity index (χ3v) is 4.84. The summed E-state index contributed by atoms with van der Waals surface area (Å²) in [4.78, 5) is 0.293. The first-order valence-electron chi connectivity index (χ1n) is 6.47. The molecule has 0 fully saturated rings. The van der Waals surface area contributed by atoms with E-state index in [0.717, 1.165) is 11.1 Å². The van der Waals surface area contributed by atoms with Crippen LogP contribution >= 0.6 is 0 Å². The summed E-state index contributed by atoms with van der Waals surface area (Å²) >= 11 is 0. The topological polar surface area (TPSA) is 46.2 Å². The van der Waals surface area contributed by atoms with Gasteiger partial charge in [-0.05, 0) is 44.0 Å². The van der Waals surface area contributed by atoms with Gasteiger partial charge in [-0.3, -0.25) is 0 Å². The molecule has 0 aliphatic carbocycles. The smallest absolute Gasteiger partial charge is 0.207 e. The van der Waals surface area contributed by atoms with Gasteiger partial charge in [-0.25, -0.2) is 13.1 Å². The van der Waals surface area contributed by atoms with Gasteiger partial charge in [-0.15, -0.1) is 0 Å². The van der Waals surface area contributed by atoms with Crippen molar-refractivity contribution in [2.45, 2.75) is 31.2 Å². The van der Waals surface area contributed by atoms with E-state index in [1.165, 1.54) is 0 Å². The molecule has 0 amide bonds. The summed E-state index contributed by atoms with van der Waals surface area (Å²) in [5.41, 5.74) is 1.19. The Morgan fingerprint density at radius 2 is 1.60 bits per heavy atom. The first kappa shape index (κ1) is 14.8. The van der Waals surface area contributed by atoms with Crippen LogP contribution in [0.3, 0.4) is 0 Å². The molecule has 0 spiro atoms. The van der Waals surface area contributed by atoms with Crippen molar-refractivity contribution >= 4 is 10.0 Å². The maximum atomic E-state index is 12.5. The van der Waals surface area contributed by atoms with Crippen LogP contribution in [0.1, 0.15) is 25.0 Å². The molecule has 3 nitrogen and oxygen atoms in total. The fourth-order valence-electron chi connectivity index (χ4n) is 2.09. The number of aryl methyl sites for hydroxylation is 1. The second-order valence-electron chi connectivity index (χ2n) is 5.41. The van der Waals surface area contributed by atoms with Crippen molar-refractivity contribution in [2.24, 2.45) is 0 Å². The highest BCUT2D eigenvalue weighted by atomic mass is 32.2. The minimum atomic E-state index is -3.54. The normalized spacial score (nSPS) is 12.3. The lowest BCUT2D eigenvalue weighted by Gasteiger charge is -2.26. The van der Waals surface area contributed by atoms with Crippen molar-refractivity contribution in [3.05, 3.63) is 65.7 Å². The quantitative estimate of drug-likeness (QED) is 0.939. The summed E-state index contributed by atoms with van der Waals surface area (Å²) in [5, 5.41) is 0. The van der Waals surface area contributed by atoms with E-state index >= 15 is 0 Å². The number of hydrogen-bond acceptors (Lipinski definition) is 2. The lowest BCUT2D eigenvalue weighted by atomic mass is 9.96. The lowest BCUT2D eigenvalue weighted by Crippen LogP contribution is -2.40. The summed E-state index contributed by atoms with van der Waals surface area (Å²) in [7, 11) is -3.54. The summed E-state index contributed by atoms with van der Waals surface area (Å²) in [6.45, 7) is 5.59.